The molecule has 0 bridgehead atoms. The topological polar surface area (TPSA) is 84.5 Å². The van der Waals surface area contributed by atoms with Gasteiger partial charge in [-0.2, -0.15) is 12.8 Å². The molecule has 3 N–H and O–H groups in total. The Bertz CT molecular complexity index is 379. The van der Waals surface area contributed by atoms with Gasteiger partial charge in [-0.1, -0.05) is 0 Å². The molecule has 0 saturated heterocycles. The van der Waals surface area contributed by atoms with Crippen LogP contribution < -0.4 is 11.1 Å². The molecule has 2 rings (SSSR count). The molecule has 1 aliphatic carbocycles. The Hall–Kier alpha value is -0.880. The second-order valence-corrected chi connectivity index (χ2v) is 4.90. The lowest BCUT2D eigenvalue weighted by Gasteiger charge is -2.03. The molecule has 0 radical (unpaired) electrons. The Balaban J connectivity index is 2.08. The number of nitrogens with two attached hydrogens (primary N) is 1. The molecule has 6 heteroatoms. The molecule has 13 heavy (non-hydrogen) atoms. The molecule has 0 spiro atoms. The quantitative estimate of drug-likeness (QED) is 0.633. The van der Waals surface area contributed by atoms with Crippen LogP contribution in [0.3, 0.4) is 0 Å². The Morgan fingerprint density at radius 3 is 2.77 bits per heavy atom. The van der Waals surface area contributed by atoms with Crippen molar-refractivity contribution in [2.24, 2.45) is 10.1 Å². The van der Waals surface area contributed by atoms with E-state index in [0.717, 1.165) is 12.8 Å². The van der Waals surface area contributed by atoms with Crippen molar-refractivity contribution >= 4 is 16.2 Å². The smallest absolute Gasteiger partial charge is 0.281 e. The van der Waals surface area contributed by atoms with Gasteiger partial charge in [0.05, 0.1) is 11.9 Å². The molecular weight excluding hydrogens is 190 g/mol. The third-order valence-electron chi connectivity index (χ3n) is 2.09. The monoisotopic (exact) mass is 201 g/mol. The zero-order valence-electron chi connectivity index (χ0n) is 7.03. The van der Waals surface area contributed by atoms with Crippen molar-refractivity contribution in [2.45, 2.75) is 18.9 Å². The van der Waals surface area contributed by atoms with E-state index in [9.17, 15) is 8.42 Å². The number of hydrogen-bond acceptors (Lipinski definition) is 4. The lowest BCUT2D eigenvalue weighted by Crippen LogP contribution is -2.23. The fourth-order valence-electron chi connectivity index (χ4n) is 1.13. The lowest BCUT2D eigenvalue weighted by atomic mass is 10.4. The van der Waals surface area contributed by atoms with E-state index in [1.165, 1.54) is 6.21 Å². The summed E-state index contributed by atoms with van der Waals surface area (Å²) >= 11 is 0. The molecule has 5 nitrogen and oxygen atoms in total. The number of rotatable bonds is 3. The SMILES string of the molecule is NC1=C(CNC2CC2)S(=O)(=O)N=C1. The summed E-state index contributed by atoms with van der Waals surface area (Å²) in [5.74, 6) is 0. The molecule has 1 aliphatic heterocycles. The number of nitrogens with one attached hydrogen (secondary N) is 1. The summed E-state index contributed by atoms with van der Waals surface area (Å²) in [7, 11) is -3.44. The standard InChI is InChI=1S/C7H11N3O2S/c8-6-3-10-13(11,12)7(6)4-9-5-1-2-5/h3,5,9H,1-2,4,8H2. The van der Waals surface area contributed by atoms with Crippen LogP contribution in [0, 0.1) is 0 Å². The van der Waals surface area contributed by atoms with Gasteiger partial charge in [-0.25, -0.2) is 0 Å². The highest BCUT2D eigenvalue weighted by atomic mass is 32.2. The van der Waals surface area contributed by atoms with Crippen molar-refractivity contribution in [1.29, 1.82) is 0 Å². The van der Waals surface area contributed by atoms with Crippen molar-refractivity contribution in [3.8, 4) is 0 Å². The summed E-state index contributed by atoms with van der Waals surface area (Å²) in [5.41, 5.74) is 5.73. The van der Waals surface area contributed by atoms with Gasteiger partial charge in [0.15, 0.2) is 0 Å². The van der Waals surface area contributed by atoms with Crippen LogP contribution >= 0.6 is 0 Å². The fraction of sp³-hybridized carbons (Fsp3) is 0.571. The first-order valence-electron chi connectivity index (χ1n) is 4.12. The van der Waals surface area contributed by atoms with Gasteiger partial charge in [0, 0.05) is 12.6 Å². The first-order chi connectivity index (χ1) is 6.09. The summed E-state index contributed by atoms with van der Waals surface area (Å²) in [6.07, 6.45) is 3.43. The van der Waals surface area contributed by atoms with E-state index in [-0.39, 0.29) is 10.6 Å². The van der Waals surface area contributed by atoms with Crippen LogP contribution in [0.5, 0.6) is 0 Å². The first kappa shape index (κ1) is 8.71. The normalized spacial score (nSPS) is 25.5. The minimum atomic E-state index is -3.44. The molecule has 1 heterocycles. The van der Waals surface area contributed by atoms with Gasteiger partial charge >= 0.3 is 0 Å². The molecule has 0 unspecified atom stereocenters. The van der Waals surface area contributed by atoms with Gasteiger partial charge in [-0.3, -0.25) is 0 Å². The Morgan fingerprint density at radius 2 is 2.31 bits per heavy atom. The average molecular weight is 201 g/mol. The number of hydrogen-bond donors (Lipinski definition) is 2. The molecule has 1 fully saturated rings. The molecular formula is C7H11N3O2S. The third-order valence-corrected chi connectivity index (χ3v) is 3.48. The zero-order valence-corrected chi connectivity index (χ0v) is 7.84. The lowest BCUT2D eigenvalue weighted by molar-refractivity contribution is 0.601. The molecule has 0 aromatic carbocycles. The van der Waals surface area contributed by atoms with E-state index in [0.29, 0.717) is 12.6 Å². The van der Waals surface area contributed by atoms with Crippen LogP contribution in [0.25, 0.3) is 0 Å². The molecule has 0 atom stereocenters. The van der Waals surface area contributed by atoms with Gasteiger partial charge in [0.1, 0.15) is 4.91 Å². The van der Waals surface area contributed by atoms with Gasteiger partial charge in [-0.05, 0) is 12.8 Å². The van der Waals surface area contributed by atoms with Crippen LogP contribution in [0.1, 0.15) is 12.8 Å². The fourth-order valence-corrected chi connectivity index (χ4v) is 2.12. The highest BCUT2D eigenvalue weighted by Crippen LogP contribution is 2.21. The van der Waals surface area contributed by atoms with E-state index in [1.807, 2.05) is 0 Å². The van der Waals surface area contributed by atoms with Crippen molar-refractivity contribution in [2.75, 3.05) is 6.54 Å². The molecule has 0 aromatic rings. The maximum atomic E-state index is 11.2. The number of allylic oxidation sites excluding steroid dienone is 1. The Labute approximate surface area is 76.8 Å². The van der Waals surface area contributed by atoms with E-state index < -0.39 is 10.0 Å². The summed E-state index contributed by atoms with van der Waals surface area (Å²) in [6, 6.07) is 0.469. The number of nitrogens with zero attached hydrogens (tertiary/aromatic N) is 1. The van der Waals surface area contributed by atoms with Gasteiger partial charge in [0.2, 0.25) is 0 Å². The third kappa shape index (κ3) is 1.73. The predicted molar refractivity (Wildman–Crippen MR) is 49.6 cm³/mol. The van der Waals surface area contributed by atoms with Crippen LogP contribution in [0.2, 0.25) is 0 Å². The maximum Gasteiger partial charge on any atom is 0.281 e. The van der Waals surface area contributed by atoms with E-state index in [4.69, 9.17) is 5.73 Å². The Morgan fingerprint density at radius 1 is 1.62 bits per heavy atom. The number of sulfonamides is 1. The summed E-state index contributed by atoms with van der Waals surface area (Å²) in [5, 5.41) is 3.09. The molecule has 0 amide bonds. The average Bonchev–Trinajstić information content (AvgIpc) is 2.81. The highest BCUT2D eigenvalue weighted by molar-refractivity contribution is 7.94. The molecule has 0 aromatic heterocycles. The van der Waals surface area contributed by atoms with Crippen LogP contribution in [-0.2, 0) is 10.0 Å². The van der Waals surface area contributed by atoms with Crippen molar-refractivity contribution in [1.82, 2.24) is 5.32 Å². The second kappa shape index (κ2) is 2.81. The second-order valence-electron chi connectivity index (χ2n) is 3.24. The first-order valence-corrected chi connectivity index (χ1v) is 5.56. The summed E-state index contributed by atoms with van der Waals surface area (Å²) in [6.45, 7) is 0.304. The molecule has 72 valence electrons. The zero-order chi connectivity index (χ0) is 9.47. The minimum Gasteiger partial charge on any atom is -0.397 e. The van der Waals surface area contributed by atoms with E-state index >= 15 is 0 Å². The Kier molecular flexibility index (Phi) is 1.88. The highest BCUT2D eigenvalue weighted by Gasteiger charge is 2.27. The minimum absolute atomic E-state index is 0.208. The van der Waals surface area contributed by atoms with E-state index in [2.05, 4.69) is 9.71 Å². The van der Waals surface area contributed by atoms with Gasteiger partial charge < -0.3 is 11.1 Å². The summed E-state index contributed by atoms with van der Waals surface area (Å²) in [4.78, 5) is 0.208. The van der Waals surface area contributed by atoms with Crippen molar-refractivity contribution in [3.05, 3.63) is 10.6 Å². The van der Waals surface area contributed by atoms with Gasteiger partial charge in [-0.15, -0.1) is 0 Å². The van der Waals surface area contributed by atoms with Gasteiger partial charge in [0.25, 0.3) is 10.0 Å². The largest absolute Gasteiger partial charge is 0.397 e. The van der Waals surface area contributed by atoms with Crippen molar-refractivity contribution < 1.29 is 8.42 Å². The molecule has 2 aliphatic rings. The van der Waals surface area contributed by atoms with Crippen LogP contribution in [0.4, 0.5) is 0 Å². The summed E-state index contributed by atoms with van der Waals surface area (Å²) < 4.78 is 25.8. The van der Waals surface area contributed by atoms with Crippen LogP contribution in [0.15, 0.2) is 15.0 Å². The predicted octanol–water partition coefficient (Wildman–Crippen LogP) is -0.677. The van der Waals surface area contributed by atoms with E-state index in [1.54, 1.807) is 0 Å². The maximum absolute atomic E-state index is 11.2. The molecule has 1 saturated carbocycles. The van der Waals surface area contributed by atoms with Crippen LogP contribution in [-0.4, -0.2) is 27.2 Å². The van der Waals surface area contributed by atoms with Crippen molar-refractivity contribution in [3.63, 3.8) is 0 Å².